The van der Waals surface area contributed by atoms with Crippen LogP contribution in [-0.2, 0) is 0 Å². The van der Waals surface area contributed by atoms with Crippen molar-refractivity contribution in [1.82, 2.24) is 0 Å². The van der Waals surface area contributed by atoms with Crippen LogP contribution in [0.5, 0.6) is 5.75 Å². The summed E-state index contributed by atoms with van der Waals surface area (Å²) in [5.41, 5.74) is 7.06. The molecule has 1 atom stereocenters. The molecule has 0 bridgehead atoms. The van der Waals surface area contributed by atoms with Crippen molar-refractivity contribution in [2.45, 2.75) is 25.8 Å². The number of rotatable bonds is 5. The van der Waals surface area contributed by atoms with Gasteiger partial charge >= 0.3 is 0 Å². The van der Waals surface area contributed by atoms with Crippen LogP contribution in [0.4, 0.5) is 0 Å². The van der Waals surface area contributed by atoms with Crippen LogP contribution in [0.25, 0.3) is 10.8 Å². The number of hydrogen-bond acceptors (Lipinski definition) is 2. The van der Waals surface area contributed by atoms with Crippen LogP contribution in [-0.4, -0.2) is 6.61 Å². The summed E-state index contributed by atoms with van der Waals surface area (Å²) in [5, 5.41) is 2.27. The second kappa shape index (κ2) is 6.26. The van der Waals surface area contributed by atoms with Crippen LogP contribution in [0, 0.1) is 12.3 Å². The fourth-order valence-electron chi connectivity index (χ4n) is 2.13. The molecule has 0 unspecified atom stereocenters. The van der Waals surface area contributed by atoms with E-state index in [9.17, 15) is 0 Å². The first-order valence-electron chi connectivity index (χ1n) is 6.57. The number of hydrogen-bond donors (Lipinski definition) is 1. The van der Waals surface area contributed by atoms with Crippen LogP contribution in [0.15, 0.2) is 36.4 Å². The third-order valence-corrected chi connectivity index (χ3v) is 3.11. The van der Waals surface area contributed by atoms with Gasteiger partial charge in [-0.05, 0) is 18.7 Å². The van der Waals surface area contributed by atoms with Crippen molar-refractivity contribution in [3.63, 3.8) is 0 Å². The molecule has 98 valence electrons. The Hall–Kier alpha value is -1.98. The van der Waals surface area contributed by atoms with Gasteiger partial charge in [0.25, 0.3) is 0 Å². The first-order valence-corrected chi connectivity index (χ1v) is 6.57. The van der Waals surface area contributed by atoms with E-state index >= 15 is 0 Å². The third-order valence-electron chi connectivity index (χ3n) is 3.11. The van der Waals surface area contributed by atoms with E-state index in [1.54, 1.807) is 0 Å². The predicted molar refractivity (Wildman–Crippen MR) is 80.1 cm³/mol. The van der Waals surface area contributed by atoms with E-state index in [0.29, 0.717) is 6.61 Å². The summed E-state index contributed by atoms with van der Waals surface area (Å²) in [6, 6.07) is 12.3. The van der Waals surface area contributed by atoms with Crippen LogP contribution >= 0.6 is 0 Å². The first kappa shape index (κ1) is 13.5. The molecular weight excluding hydrogens is 234 g/mol. The maximum Gasteiger partial charge on any atom is 0.131 e. The molecule has 2 rings (SSSR count). The molecule has 2 nitrogen and oxygen atoms in total. The second-order valence-electron chi connectivity index (χ2n) is 4.65. The maximum absolute atomic E-state index is 6.02. The molecule has 0 fully saturated rings. The van der Waals surface area contributed by atoms with Gasteiger partial charge in [-0.2, -0.15) is 0 Å². The van der Waals surface area contributed by atoms with E-state index in [2.05, 4.69) is 24.1 Å². The van der Waals surface area contributed by atoms with Gasteiger partial charge in [-0.25, -0.2) is 0 Å². The molecule has 2 aromatic carbocycles. The van der Waals surface area contributed by atoms with Gasteiger partial charge in [-0.3, -0.25) is 0 Å². The number of benzene rings is 2. The lowest BCUT2D eigenvalue weighted by molar-refractivity contribution is 0.312. The highest BCUT2D eigenvalue weighted by Gasteiger charge is 2.11. The van der Waals surface area contributed by atoms with Crippen molar-refractivity contribution >= 4 is 10.8 Å². The molecule has 0 aromatic heterocycles. The molecule has 0 saturated heterocycles. The van der Waals surface area contributed by atoms with Crippen LogP contribution in [0.1, 0.15) is 31.4 Å². The van der Waals surface area contributed by atoms with Crippen molar-refractivity contribution in [1.29, 1.82) is 0 Å². The zero-order valence-electron chi connectivity index (χ0n) is 11.2. The molecule has 0 amide bonds. The molecule has 2 N–H and O–H groups in total. The highest BCUT2D eigenvalue weighted by Crippen LogP contribution is 2.33. The van der Waals surface area contributed by atoms with Crippen LogP contribution < -0.4 is 10.5 Å². The van der Waals surface area contributed by atoms with Crippen molar-refractivity contribution < 1.29 is 4.74 Å². The van der Waals surface area contributed by atoms with E-state index in [1.807, 2.05) is 25.1 Å². The lowest BCUT2D eigenvalue weighted by Gasteiger charge is -2.16. The fourth-order valence-corrected chi connectivity index (χ4v) is 2.13. The second-order valence-corrected chi connectivity index (χ2v) is 4.65. The summed E-state index contributed by atoms with van der Waals surface area (Å²) >= 11 is 0. The molecule has 0 radical (unpaired) electrons. The maximum atomic E-state index is 6.02. The third kappa shape index (κ3) is 3.07. The first-order chi connectivity index (χ1) is 9.24. The molecule has 0 aliphatic carbocycles. The topological polar surface area (TPSA) is 35.2 Å². The molecule has 2 aromatic rings. The summed E-state index contributed by atoms with van der Waals surface area (Å²) < 4.78 is 5.94. The zero-order chi connectivity index (χ0) is 13.7. The lowest BCUT2D eigenvalue weighted by atomic mass is 10.0. The Kier molecular flexibility index (Phi) is 4.43. The van der Waals surface area contributed by atoms with E-state index in [-0.39, 0.29) is 6.04 Å². The van der Waals surface area contributed by atoms with Gasteiger partial charge in [0.15, 0.2) is 0 Å². The quantitative estimate of drug-likeness (QED) is 0.652. The van der Waals surface area contributed by atoms with Gasteiger partial charge in [-0.15, -0.1) is 12.3 Å². The summed E-state index contributed by atoms with van der Waals surface area (Å²) in [7, 11) is 0. The standard InChI is InChI=1S/C17H19NO/c1-3-4-7-12-19-17-15(13(2)18)11-10-14-8-5-6-9-16(14)17/h1,5-6,8-11,13H,4,7,12,18H2,2H3/t13-/m1/s1. The Morgan fingerprint density at radius 3 is 2.79 bits per heavy atom. The van der Waals surface area contributed by atoms with Crippen molar-refractivity contribution in [2.75, 3.05) is 6.61 Å². The highest BCUT2D eigenvalue weighted by atomic mass is 16.5. The van der Waals surface area contributed by atoms with E-state index in [1.165, 1.54) is 5.39 Å². The fraction of sp³-hybridized carbons (Fsp3) is 0.294. The Bertz CT molecular complexity index is 596. The molecule has 0 spiro atoms. The average Bonchev–Trinajstić information content (AvgIpc) is 2.43. The SMILES string of the molecule is C#CCCCOc1c([C@@H](C)N)ccc2ccccc12. The Morgan fingerprint density at radius 2 is 2.05 bits per heavy atom. The monoisotopic (exact) mass is 253 g/mol. The minimum absolute atomic E-state index is 0.0489. The molecule has 0 heterocycles. The minimum Gasteiger partial charge on any atom is -0.493 e. The molecule has 0 aliphatic rings. The van der Waals surface area contributed by atoms with Gasteiger partial charge in [0, 0.05) is 23.4 Å². The number of nitrogens with two attached hydrogens (primary N) is 1. The van der Waals surface area contributed by atoms with Gasteiger partial charge in [-0.1, -0.05) is 36.4 Å². The van der Waals surface area contributed by atoms with Crippen molar-refractivity contribution in [2.24, 2.45) is 5.73 Å². The van der Waals surface area contributed by atoms with Gasteiger partial charge in [0.2, 0.25) is 0 Å². The summed E-state index contributed by atoms with van der Waals surface area (Å²) in [5.74, 6) is 3.52. The molecule has 2 heteroatoms. The molecule has 0 saturated carbocycles. The molecular formula is C17H19NO. The van der Waals surface area contributed by atoms with E-state index in [0.717, 1.165) is 29.5 Å². The Labute approximate surface area is 114 Å². The van der Waals surface area contributed by atoms with Crippen molar-refractivity contribution in [3.8, 4) is 18.1 Å². The van der Waals surface area contributed by atoms with Gasteiger partial charge in [0.05, 0.1) is 6.61 Å². The highest BCUT2D eigenvalue weighted by molar-refractivity contribution is 5.89. The number of fused-ring (bicyclic) bond motifs is 1. The predicted octanol–water partition coefficient (Wildman–Crippen LogP) is 3.65. The Morgan fingerprint density at radius 1 is 1.26 bits per heavy atom. The van der Waals surface area contributed by atoms with Crippen molar-refractivity contribution in [3.05, 3.63) is 42.0 Å². The number of unbranched alkanes of at least 4 members (excludes halogenated alkanes) is 1. The summed E-state index contributed by atoms with van der Waals surface area (Å²) in [4.78, 5) is 0. The summed E-state index contributed by atoms with van der Waals surface area (Å²) in [6.45, 7) is 2.59. The summed E-state index contributed by atoms with van der Waals surface area (Å²) in [6.07, 6.45) is 6.84. The van der Waals surface area contributed by atoms with Gasteiger partial charge in [0.1, 0.15) is 5.75 Å². The van der Waals surface area contributed by atoms with E-state index in [4.69, 9.17) is 16.9 Å². The normalized spacial score (nSPS) is 12.1. The van der Waals surface area contributed by atoms with E-state index < -0.39 is 0 Å². The Balaban J connectivity index is 2.36. The van der Waals surface area contributed by atoms with Crippen LogP contribution in [0.2, 0.25) is 0 Å². The average molecular weight is 253 g/mol. The number of terminal acetylenes is 1. The number of ether oxygens (including phenoxy) is 1. The zero-order valence-corrected chi connectivity index (χ0v) is 11.2. The minimum atomic E-state index is -0.0489. The molecule has 0 aliphatic heterocycles. The van der Waals surface area contributed by atoms with Gasteiger partial charge < -0.3 is 10.5 Å². The smallest absolute Gasteiger partial charge is 0.131 e. The lowest BCUT2D eigenvalue weighted by Crippen LogP contribution is -2.09. The van der Waals surface area contributed by atoms with Crippen LogP contribution in [0.3, 0.4) is 0 Å². The largest absolute Gasteiger partial charge is 0.493 e. The molecule has 19 heavy (non-hydrogen) atoms.